The lowest BCUT2D eigenvalue weighted by molar-refractivity contribution is -0.142. The van der Waals surface area contributed by atoms with E-state index in [1.54, 1.807) is 0 Å². The molecule has 1 N–H and O–H groups in total. The molecule has 0 aliphatic carbocycles. The third kappa shape index (κ3) is 1.88. The number of carboxylic acids is 1. The fraction of sp³-hybridized carbons (Fsp3) is 0.417. The zero-order valence-corrected chi connectivity index (χ0v) is 8.76. The minimum atomic E-state index is -0.712. The van der Waals surface area contributed by atoms with Crippen LogP contribution in [0.2, 0.25) is 0 Å². The van der Waals surface area contributed by atoms with Crippen molar-refractivity contribution >= 4 is 5.97 Å². The van der Waals surface area contributed by atoms with Crippen LogP contribution in [-0.2, 0) is 4.79 Å². The lowest BCUT2D eigenvalue weighted by Gasteiger charge is -2.23. The molecule has 3 heteroatoms. The van der Waals surface area contributed by atoms with Gasteiger partial charge in [-0.25, -0.2) is 0 Å². The van der Waals surface area contributed by atoms with Crippen molar-refractivity contribution in [2.75, 3.05) is 7.05 Å². The van der Waals surface area contributed by atoms with Gasteiger partial charge in [0.1, 0.15) is 6.04 Å². The third-order valence-electron chi connectivity index (χ3n) is 3.17. The van der Waals surface area contributed by atoms with Crippen LogP contribution in [0.15, 0.2) is 30.3 Å². The van der Waals surface area contributed by atoms with E-state index in [9.17, 15) is 4.79 Å². The summed E-state index contributed by atoms with van der Waals surface area (Å²) in [5, 5.41) is 9.01. The van der Waals surface area contributed by atoms with Gasteiger partial charge in [0.25, 0.3) is 0 Å². The van der Waals surface area contributed by atoms with Crippen molar-refractivity contribution in [2.24, 2.45) is 0 Å². The summed E-state index contributed by atoms with van der Waals surface area (Å²) in [5.74, 6) is -0.712. The van der Waals surface area contributed by atoms with Gasteiger partial charge in [-0.05, 0) is 25.5 Å². The van der Waals surface area contributed by atoms with Crippen molar-refractivity contribution in [1.82, 2.24) is 4.90 Å². The monoisotopic (exact) mass is 205 g/mol. The molecule has 1 aromatic rings. The second kappa shape index (κ2) is 4.03. The Kier molecular flexibility index (Phi) is 2.73. The van der Waals surface area contributed by atoms with Gasteiger partial charge in [-0.2, -0.15) is 0 Å². The van der Waals surface area contributed by atoms with Crippen LogP contribution in [0.4, 0.5) is 0 Å². The van der Waals surface area contributed by atoms with Gasteiger partial charge in [0, 0.05) is 6.04 Å². The standard InChI is InChI=1S/C12H15NO2/c1-13-10(7-8-11(13)12(14)15)9-5-3-2-4-6-9/h2-6,10-11H,7-8H2,1H3,(H,14,15)/t10-,11-/m1/s1. The number of hydrogen-bond donors (Lipinski definition) is 1. The Labute approximate surface area is 89.3 Å². The largest absolute Gasteiger partial charge is 0.480 e. The number of rotatable bonds is 2. The number of likely N-dealkylation sites (tertiary alicyclic amines) is 1. The van der Waals surface area contributed by atoms with Gasteiger partial charge in [-0.1, -0.05) is 30.3 Å². The molecule has 0 bridgehead atoms. The van der Waals surface area contributed by atoms with Gasteiger partial charge in [0.15, 0.2) is 0 Å². The molecule has 0 amide bonds. The maximum Gasteiger partial charge on any atom is 0.320 e. The summed E-state index contributed by atoms with van der Waals surface area (Å²) in [6.45, 7) is 0. The number of carbonyl (C=O) groups is 1. The first-order chi connectivity index (χ1) is 7.20. The van der Waals surface area contributed by atoms with E-state index in [4.69, 9.17) is 5.11 Å². The highest BCUT2D eigenvalue weighted by atomic mass is 16.4. The van der Waals surface area contributed by atoms with E-state index in [0.29, 0.717) is 0 Å². The summed E-state index contributed by atoms with van der Waals surface area (Å²) in [6, 6.07) is 10.0. The Morgan fingerprint density at radius 2 is 2.00 bits per heavy atom. The van der Waals surface area contributed by atoms with Crippen LogP contribution in [0.25, 0.3) is 0 Å². The number of benzene rings is 1. The molecule has 1 aliphatic rings. The summed E-state index contributed by atoms with van der Waals surface area (Å²) in [7, 11) is 1.89. The molecule has 0 spiro atoms. The maximum absolute atomic E-state index is 10.9. The van der Waals surface area contributed by atoms with E-state index in [1.165, 1.54) is 5.56 Å². The number of likely N-dealkylation sites (N-methyl/N-ethyl adjacent to an activating group) is 1. The van der Waals surface area contributed by atoms with E-state index in [-0.39, 0.29) is 12.1 Å². The van der Waals surface area contributed by atoms with E-state index >= 15 is 0 Å². The summed E-state index contributed by atoms with van der Waals surface area (Å²) in [6.07, 6.45) is 1.67. The van der Waals surface area contributed by atoms with Crippen molar-refractivity contribution in [3.05, 3.63) is 35.9 Å². The van der Waals surface area contributed by atoms with E-state index in [2.05, 4.69) is 12.1 Å². The van der Waals surface area contributed by atoms with E-state index in [0.717, 1.165) is 12.8 Å². The van der Waals surface area contributed by atoms with Crippen molar-refractivity contribution in [3.8, 4) is 0 Å². The van der Waals surface area contributed by atoms with Gasteiger partial charge in [0.2, 0.25) is 0 Å². The maximum atomic E-state index is 10.9. The number of hydrogen-bond acceptors (Lipinski definition) is 2. The SMILES string of the molecule is CN1[C@@H](C(=O)O)CC[C@@H]1c1ccccc1. The molecule has 1 aliphatic heterocycles. The normalized spacial score (nSPS) is 26.7. The molecule has 2 atom stereocenters. The molecular weight excluding hydrogens is 190 g/mol. The fourth-order valence-corrected chi connectivity index (χ4v) is 2.31. The summed E-state index contributed by atoms with van der Waals surface area (Å²) in [5.41, 5.74) is 1.21. The molecule has 2 rings (SSSR count). The Balaban J connectivity index is 2.17. The molecule has 80 valence electrons. The zero-order chi connectivity index (χ0) is 10.8. The highest BCUT2D eigenvalue weighted by Crippen LogP contribution is 2.34. The summed E-state index contributed by atoms with van der Waals surface area (Å²) >= 11 is 0. The van der Waals surface area contributed by atoms with E-state index < -0.39 is 5.97 Å². The fourth-order valence-electron chi connectivity index (χ4n) is 2.31. The molecule has 1 fully saturated rings. The number of carboxylic acid groups (broad SMARTS) is 1. The Morgan fingerprint density at radius 3 is 2.53 bits per heavy atom. The third-order valence-corrected chi connectivity index (χ3v) is 3.17. The molecule has 1 saturated heterocycles. The molecule has 0 aromatic heterocycles. The highest BCUT2D eigenvalue weighted by molar-refractivity contribution is 5.73. The zero-order valence-electron chi connectivity index (χ0n) is 8.76. The first-order valence-corrected chi connectivity index (χ1v) is 5.20. The van der Waals surface area contributed by atoms with Gasteiger partial charge < -0.3 is 5.11 Å². The summed E-state index contributed by atoms with van der Waals surface area (Å²) in [4.78, 5) is 12.9. The Hall–Kier alpha value is -1.35. The van der Waals surface area contributed by atoms with Crippen LogP contribution >= 0.6 is 0 Å². The van der Waals surface area contributed by atoms with Gasteiger partial charge >= 0.3 is 5.97 Å². The second-order valence-corrected chi connectivity index (χ2v) is 4.02. The molecule has 0 saturated carbocycles. The lowest BCUT2D eigenvalue weighted by Crippen LogP contribution is -2.34. The van der Waals surface area contributed by atoms with Gasteiger partial charge in [-0.3, -0.25) is 9.69 Å². The molecule has 1 heterocycles. The van der Waals surface area contributed by atoms with Gasteiger partial charge in [0.05, 0.1) is 0 Å². The minimum absolute atomic E-state index is 0.257. The number of aliphatic carboxylic acids is 1. The Morgan fingerprint density at radius 1 is 1.33 bits per heavy atom. The Bertz CT molecular complexity index is 350. The van der Waals surface area contributed by atoms with Crippen molar-refractivity contribution in [1.29, 1.82) is 0 Å². The average Bonchev–Trinajstić information content (AvgIpc) is 2.61. The predicted molar refractivity (Wildman–Crippen MR) is 57.6 cm³/mol. The van der Waals surface area contributed by atoms with Crippen LogP contribution in [0.1, 0.15) is 24.4 Å². The van der Waals surface area contributed by atoms with Crippen LogP contribution in [0, 0.1) is 0 Å². The first kappa shape index (κ1) is 10.2. The first-order valence-electron chi connectivity index (χ1n) is 5.20. The number of nitrogens with zero attached hydrogens (tertiary/aromatic N) is 1. The molecule has 3 nitrogen and oxygen atoms in total. The smallest absolute Gasteiger partial charge is 0.320 e. The highest BCUT2D eigenvalue weighted by Gasteiger charge is 2.35. The topological polar surface area (TPSA) is 40.5 Å². The lowest BCUT2D eigenvalue weighted by atomic mass is 10.1. The van der Waals surface area contributed by atoms with Crippen LogP contribution in [0.5, 0.6) is 0 Å². The average molecular weight is 205 g/mol. The molecule has 0 radical (unpaired) electrons. The van der Waals surface area contributed by atoms with Crippen LogP contribution in [-0.4, -0.2) is 29.1 Å². The van der Waals surface area contributed by atoms with Crippen molar-refractivity contribution in [2.45, 2.75) is 24.9 Å². The minimum Gasteiger partial charge on any atom is -0.480 e. The van der Waals surface area contributed by atoms with Crippen LogP contribution in [0.3, 0.4) is 0 Å². The molecule has 15 heavy (non-hydrogen) atoms. The van der Waals surface area contributed by atoms with Crippen molar-refractivity contribution in [3.63, 3.8) is 0 Å². The molecular formula is C12H15NO2. The quantitative estimate of drug-likeness (QED) is 0.801. The van der Waals surface area contributed by atoms with E-state index in [1.807, 2.05) is 30.1 Å². The molecule has 1 aromatic carbocycles. The molecule has 0 unspecified atom stereocenters. The van der Waals surface area contributed by atoms with Gasteiger partial charge in [-0.15, -0.1) is 0 Å². The van der Waals surface area contributed by atoms with Crippen LogP contribution < -0.4 is 0 Å². The van der Waals surface area contributed by atoms with Crippen molar-refractivity contribution < 1.29 is 9.90 Å². The second-order valence-electron chi connectivity index (χ2n) is 4.02. The predicted octanol–water partition coefficient (Wildman–Crippen LogP) is 1.91. The summed E-state index contributed by atoms with van der Waals surface area (Å²) < 4.78 is 0.